The molecule has 0 aliphatic heterocycles. The van der Waals surface area contributed by atoms with E-state index in [0.29, 0.717) is 44.3 Å². The first kappa shape index (κ1) is 23.1. The van der Waals surface area contributed by atoms with E-state index in [9.17, 15) is 4.79 Å². The Bertz CT molecular complexity index is 847. The molecule has 0 saturated heterocycles. The maximum Gasteiger partial charge on any atom is 0.244 e. The number of benzene rings is 2. The number of nitrogens with one attached hydrogen (secondary N) is 1. The molecule has 0 saturated carbocycles. The van der Waals surface area contributed by atoms with Crippen molar-refractivity contribution in [2.75, 3.05) is 33.5 Å². The van der Waals surface area contributed by atoms with Crippen LogP contribution in [0.4, 0.5) is 0 Å². The molecule has 0 unspecified atom stereocenters. The molecule has 0 fully saturated rings. The van der Waals surface area contributed by atoms with Gasteiger partial charge in [-0.05, 0) is 68.7 Å². The van der Waals surface area contributed by atoms with Crippen LogP contribution in [0.3, 0.4) is 0 Å². The highest BCUT2D eigenvalue weighted by Crippen LogP contribution is 2.29. The van der Waals surface area contributed by atoms with Gasteiger partial charge in [0.05, 0.1) is 26.9 Å². The summed E-state index contributed by atoms with van der Waals surface area (Å²) in [4.78, 5) is 12.1. The maximum absolute atomic E-state index is 12.1. The van der Waals surface area contributed by atoms with Crippen LogP contribution in [0.5, 0.6) is 23.0 Å². The Labute approximate surface area is 178 Å². The molecule has 2 aromatic rings. The molecule has 6 nitrogen and oxygen atoms in total. The molecule has 6 heteroatoms. The van der Waals surface area contributed by atoms with E-state index in [1.54, 1.807) is 13.2 Å². The van der Waals surface area contributed by atoms with Crippen LogP contribution in [-0.2, 0) is 11.2 Å². The lowest BCUT2D eigenvalue weighted by Crippen LogP contribution is -2.23. The van der Waals surface area contributed by atoms with Crippen molar-refractivity contribution in [1.82, 2.24) is 5.32 Å². The highest BCUT2D eigenvalue weighted by atomic mass is 16.5. The lowest BCUT2D eigenvalue weighted by molar-refractivity contribution is -0.116. The summed E-state index contributed by atoms with van der Waals surface area (Å²) in [5.41, 5.74) is 1.93. The summed E-state index contributed by atoms with van der Waals surface area (Å²) in [5.74, 6) is 2.63. The zero-order valence-corrected chi connectivity index (χ0v) is 18.2. The van der Waals surface area contributed by atoms with Crippen LogP contribution < -0.4 is 24.3 Å². The van der Waals surface area contributed by atoms with Gasteiger partial charge < -0.3 is 24.3 Å². The summed E-state index contributed by atoms with van der Waals surface area (Å²) >= 11 is 0. The van der Waals surface area contributed by atoms with Crippen molar-refractivity contribution >= 4 is 12.0 Å². The predicted molar refractivity (Wildman–Crippen MR) is 119 cm³/mol. The highest BCUT2D eigenvalue weighted by Gasteiger charge is 2.07. The SMILES string of the molecule is CCOc1ccc(/C=C/C(=O)NCCc2ccc(OCC)c(OCC)c2)cc1OC. The lowest BCUT2D eigenvalue weighted by Gasteiger charge is -2.12. The summed E-state index contributed by atoms with van der Waals surface area (Å²) in [6, 6.07) is 11.4. The average Bonchev–Trinajstić information content (AvgIpc) is 2.75. The quantitative estimate of drug-likeness (QED) is 0.527. The molecule has 2 rings (SSSR count). The van der Waals surface area contributed by atoms with Gasteiger partial charge in [0, 0.05) is 12.6 Å². The first-order valence-electron chi connectivity index (χ1n) is 10.3. The molecule has 0 heterocycles. The Kier molecular flexibility index (Phi) is 9.58. The summed E-state index contributed by atoms with van der Waals surface area (Å²) < 4.78 is 22.1. The molecule has 1 N–H and O–H groups in total. The van der Waals surface area contributed by atoms with Gasteiger partial charge in [0.1, 0.15) is 0 Å². The van der Waals surface area contributed by atoms with E-state index in [2.05, 4.69) is 5.32 Å². The third-order valence-electron chi connectivity index (χ3n) is 4.24. The molecule has 162 valence electrons. The van der Waals surface area contributed by atoms with Gasteiger partial charge in [0.15, 0.2) is 23.0 Å². The van der Waals surface area contributed by atoms with Crippen LogP contribution in [0.2, 0.25) is 0 Å². The number of carbonyl (C=O) groups is 1. The first-order chi connectivity index (χ1) is 14.6. The van der Waals surface area contributed by atoms with Crippen molar-refractivity contribution in [2.45, 2.75) is 27.2 Å². The molecule has 30 heavy (non-hydrogen) atoms. The minimum Gasteiger partial charge on any atom is -0.493 e. The highest BCUT2D eigenvalue weighted by molar-refractivity contribution is 5.91. The fourth-order valence-electron chi connectivity index (χ4n) is 2.87. The molecule has 1 amide bonds. The Morgan fingerprint density at radius 3 is 2.17 bits per heavy atom. The number of methoxy groups -OCH3 is 1. The summed E-state index contributed by atoms with van der Waals surface area (Å²) in [6.45, 7) is 8.04. The minimum atomic E-state index is -0.154. The third kappa shape index (κ3) is 7.03. The van der Waals surface area contributed by atoms with Gasteiger partial charge in [-0.1, -0.05) is 12.1 Å². The van der Waals surface area contributed by atoms with Crippen molar-refractivity contribution in [3.63, 3.8) is 0 Å². The minimum absolute atomic E-state index is 0.154. The number of hydrogen-bond donors (Lipinski definition) is 1. The second-order valence-corrected chi connectivity index (χ2v) is 6.36. The number of carbonyl (C=O) groups excluding carboxylic acids is 1. The molecule has 0 aliphatic rings. The summed E-state index contributed by atoms with van der Waals surface area (Å²) in [5, 5.41) is 2.90. The largest absolute Gasteiger partial charge is 0.493 e. The molecule has 2 aromatic carbocycles. The Morgan fingerprint density at radius 2 is 1.50 bits per heavy atom. The van der Waals surface area contributed by atoms with Gasteiger partial charge >= 0.3 is 0 Å². The van der Waals surface area contributed by atoms with E-state index >= 15 is 0 Å². The lowest BCUT2D eigenvalue weighted by atomic mass is 10.1. The van der Waals surface area contributed by atoms with Crippen LogP contribution in [0.15, 0.2) is 42.5 Å². The van der Waals surface area contributed by atoms with Crippen LogP contribution in [0, 0.1) is 0 Å². The number of amides is 1. The summed E-state index contributed by atoms with van der Waals surface area (Å²) in [6.07, 6.45) is 3.96. The Hall–Kier alpha value is -3.15. The topological polar surface area (TPSA) is 66.0 Å². The summed E-state index contributed by atoms with van der Waals surface area (Å²) in [7, 11) is 1.59. The van der Waals surface area contributed by atoms with Crippen molar-refractivity contribution in [2.24, 2.45) is 0 Å². The molecule has 0 aromatic heterocycles. The van der Waals surface area contributed by atoms with Gasteiger partial charge in [-0.3, -0.25) is 4.79 Å². The predicted octanol–water partition coefficient (Wildman–Crippen LogP) is 4.26. The van der Waals surface area contributed by atoms with Gasteiger partial charge in [-0.2, -0.15) is 0 Å². The second kappa shape index (κ2) is 12.4. The smallest absolute Gasteiger partial charge is 0.244 e. The van der Waals surface area contributed by atoms with Crippen LogP contribution in [0.25, 0.3) is 6.08 Å². The van der Waals surface area contributed by atoms with E-state index in [4.69, 9.17) is 18.9 Å². The maximum atomic E-state index is 12.1. The van der Waals surface area contributed by atoms with E-state index in [-0.39, 0.29) is 5.91 Å². The second-order valence-electron chi connectivity index (χ2n) is 6.36. The van der Waals surface area contributed by atoms with E-state index < -0.39 is 0 Å². The zero-order chi connectivity index (χ0) is 21.8. The zero-order valence-electron chi connectivity index (χ0n) is 18.2. The van der Waals surface area contributed by atoms with Crippen molar-refractivity contribution in [3.8, 4) is 23.0 Å². The molecule has 0 spiro atoms. The molecule has 0 aliphatic carbocycles. The molecule has 0 bridgehead atoms. The van der Waals surface area contributed by atoms with Crippen molar-refractivity contribution in [1.29, 1.82) is 0 Å². The van der Waals surface area contributed by atoms with Gasteiger partial charge in [-0.15, -0.1) is 0 Å². The van der Waals surface area contributed by atoms with Crippen molar-refractivity contribution in [3.05, 3.63) is 53.6 Å². The fraction of sp³-hybridized carbons (Fsp3) is 0.375. The Morgan fingerprint density at radius 1 is 0.867 bits per heavy atom. The van der Waals surface area contributed by atoms with E-state index in [1.165, 1.54) is 6.08 Å². The molecular formula is C24H31NO5. The number of hydrogen-bond acceptors (Lipinski definition) is 5. The Balaban J connectivity index is 1.89. The van der Waals surface area contributed by atoms with Crippen LogP contribution in [-0.4, -0.2) is 39.4 Å². The molecule has 0 radical (unpaired) electrons. The molecular weight excluding hydrogens is 382 g/mol. The van der Waals surface area contributed by atoms with E-state index in [1.807, 2.05) is 57.2 Å². The first-order valence-corrected chi connectivity index (χ1v) is 10.3. The van der Waals surface area contributed by atoms with Crippen LogP contribution in [0.1, 0.15) is 31.9 Å². The van der Waals surface area contributed by atoms with Gasteiger partial charge in [0.2, 0.25) is 5.91 Å². The van der Waals surface area contributed by atoms with Gasteiger partial charge in [0.25, 0.3) is 0 Å². The van der Waals surface area contributed by atoms with E-state index in [0.717, 1.165) is 22.6 Å². The normalized spacial score (nSPS) is 10.7. The number of ether oxygens (including phenoxy) is 4. The third-order valence-corrected chi connectivity index (χ3v) is 4.24. The number of rotatable bonds is 12. The molecule has 0 atom stereocenters. The van der Waals surface area contributed by atoms with Gasteiger partial charge in [-0.25, -0.2) is 0 Å². The van der Waals surface area contributed by atoms with Crippen LogP contribution >= 0.6 is 0 Å². The fourth-order valence-corrected chi connectivity index (χ4v) is 2.87. The standard InChI is InChI=1S/C24H31NO5/c1-5-28-20-11-8-18(16-22(20)27-4)10-13-24(26)25-15-14-19-9-12-21(29-6-2)23(17-19)30-7-3/h8-13,16-17H,5-7,14-15H2,1-4H3,(H,25,26)/b13-10+. The van der Waals surface area contributed by atoms with Crippen molar-refractivity contribution < 1.29 is 23.7 Å². The average molecular weight is 414 g/mol. The monoisotopic (exact) mass is 413 g/mol.